The molecule has 2 fully saturated rings. The highest BCUT2D eigenvalue weighted by atomic mass is 15.2. The Morgan fingerprint density at radius 1 is 0.714 bits per heavy atom. The van der Waals surface area contributed by atoms with Crippen LogP contribution >= 0.6 is 0 Å². The van der Waals surface area contributed by atoms with Crippen molar-refractivity contribution in [2.75, 3.05) is 0 Å². The number of rotatable bonds is 4. The highest BCUT2D eigenvalue weighted by molar-refractivity contribution is 5.48. The van der Waals surface area contributed by atoms with Gasteiger partial charge in [0.05, 0.1) is 0 Å². The molecule has 0 bridgehead atoms. The molecule has 114 valence electrons. The standard InChI is InChI=1S/C20H29N/c1-4-10-18(11-5-1)16-17-21(19-12-6-2-7-13-19)20-14-8-3-9-15-20/h1,4-5,10-11,16-17,19-20H,2-3,6-9,12-15H2. The summed E-state index contributed by atoms with van der Waals surface area (Å²) in [6, 6.07) is 12.4. The summed E-state index contributed by atoms with van der Waals surface area (Å²) in [6.45, 7) is 0. The Morgan fingerprint density at radius 3 is 1.76 bits per heavy atom. The van der Waals surface area contributed by atoms with E-state index in [1.165, 1.54) is 69.8 Å². The molecule has 21 heavy (non-hydrogen) atoms. The van der Waals surface area contributed by atoms with Gasteiger partial charge in [0.1, 0.15) is 0 Å². The molecule has 0 amide bonds. The maximum Gasteiger partial charge on any atom is 0.0287 e. The van der Waals surface area contributed by atoms with Crippen LogP contribution in [0, 0.1) is 0 Å². The molecule has 2 aliphatic rings. The first-order valence-electron chi connectivity index (χ1n) is 8.94. The Bertz CT molecular complexity index is 406. The van der Waals surface area contributed by atoms with E-state index >= 15 is 0 Å². The summed E-state index contributed by atoms with van der Waals surface area (Å²) < 4.78 is 0. The van der Waals surface area contributed by atoms with E-state index in [0.29, 0.717) is 0 Å². The largest absolute Gasteiger partial charge is 0.371 e. The van der Waals surface area contributed by atoms with Gasteiger partial charge in [0.2, 0.25) is 0 Å². The second-order valence-corrected chi connectivity index (χ2v) is 6.76. The average Bonchev–Trinajstić information content (AvgIpc) is 2.58. The van der Waals surface area contributed by atoms with Gasteiger partial charge in [-0.1, -0.05) is 68.9 Å². The third kappa shape index (κ3) is 4.12. The lowest BCUT2D eigenvalue weighted by Crippen LogP contribution is -2.41. The zero-order chi connectivity index (χ0) is 14.3. The van der Waals surface area contributed by atoms with E-state index in [2.05, 4.69) is 47.5 Å². The molecular weight excluding hydrogens is 254 g/mol. The minimum absolute atomic E-state index is 0.793. The quantitative estimate of drug-likeness (QED) is 0.692. The van der Waals surface area contributed by atoms with Gasteiger partial charge >= 0.3 is 0 Å². The molecule has 1 aromatic rings. The van der Waals surface area contributed by atoms with E-state index in [0.717, 1.165) is 12.1 Å². The average molecular weight is 283 g/mol. The van der Waals surface area contributed by atoms with E-state index in [1.54, 1.807) is 0 Å². The summed E-state index contributed by atoms with van der Waals surface area (Å²) >= 11 is 0. The summed E-state index contributed by atoms with van der Waals surface area (Å²) in [5, 5.41) is 0. The van der Waals surface area contributed by atoms with Crippen molar-refractivity contribution in [2.45, 2.75) is 76.3 Å². The van der Waals surface area contributed by atoms with Crippen LogP contribution in [0.3, 0.4) is 0 Å². The molecule has 1 heteroatoms. The minimum atomic E-state index is 0.793. The zero-order valence-electron chi connectivity index (χ0n) is 13.2. The van der Waals surface area contributed by atoms with Gasteiger partial charge in [0, 0.05) is 18.3 Å². The van der Waals surface area contributed by atoms with Crippen LogP contribution in [0.15, 0.2) is 36.5 Å². The van der Waals surface area contributed by atoms with Crippen molar-refractivity contribution in [3.8, 4) is 0 Å². The van der Waals surface area contributed by atoms with E-state index in [-0.39, 0.29) is 0 Å². The van der Waals surface area contributed by atoms with Crippen molar-refractivity contribution in [1.82, 2.24) is 4.90 Å². The molecule has 0 unspecified atom stereocenters. The number of hydrogen-bond donors (Lipinski definition) is 0. The molecule has 0 atom stereocenters. The van der Waals surface area contributed by atoms with Crippen LogP contribution < -0.4 is 0 Å². The van der Waals surface area contributed by atoms with Crippen LogP contribution in [-0.4, -0.2) is 17.0 Å². The fourth-order valence-corrected chi connectivity index (χ4v) is 4.04. The topological polar surface area (TPSA) is 3.24 Å². The Morgan fingerprint density at radius 2 is 1.24 bits per heavy atom. The smallest absolute Gasteiger partial charge is 0.0287 e. The molecular formula is C20H29N. The van der Waals surface area contributed by atoms with Crippen molar-refractivity contribution in [3.05, 3.63) is 42.1 Å². The van der Waals surface area contributed by atoms with Crippen LogP contribution in [0.5, 0.6) is 0 Å². The first kappa shape index (κ1) is 14.7. The second kappa shape index (κ2) is 7.68. The van der Waals surface area contributed by atoms with Gasteiger partial charge in [-0.3, -0.25) is 0 Å². The molecule has 1 nitrogen and oxygen atoms in total. The van der Waals surface area contributed by atoms with E-state index in [1.807, 2.05) is 0 Å². The van der Waals surface area contributed by atoms with Gasteiger partial charge < -0.3 is 4.90 Å². The van der Waals surface area contributed by atoms with Gasteiger partial charge in [-0.05, 0) is 37.3 Å². The van der Waals surface area contributed by atoms with Gasteiger partial charge in [0.25, 0.3) is 0 Å². The minimum Gasteiger partial charge on any atom is -0.371 e. The molecule has 3 rings (SSSR count). The van der Waals surface area contributed by atoms with Crippen LogP contribution in [-0.2, 0) is 0 Å². The van der Waals surface area contributed by atoms with E-state index in [4.69, 9.17) is 0 Å². The van der Waals surface area contributed by atoms with Gasteiger partial charge in [0.15, 0.2) is 0 Å². The van der Waals surface area contributed by atoms with Crippen molar-refractivity contribution in [1.29, 1.82) is 0 Å². The Kier molecular flexibility index (Phi) is 5.37. The first-order valence-corrected chi connectivity index (χ1v) is 8.94. The first-order chi connectivity index (χ1) is 10.4. The third-order valence-corrected chi connectivity index (χ3v) is 5.23. The van der Waals surface area contributed by atoms with Crippen LogP contribution in [0.1, 0.15) is 69.8 Å². The fraction of sp³-hybridized carbons (Fsp3) is 0.600. The summed E-state index contributed by atoms with van der Waals surface area (Å²) in [5.74, 6) is 0. The van der Waals surface area contributed by atoms with Crippen LogP contribution in [0.2, 0.25) is 0 Å². The molecule has 0 saturated heterocycles. The molecule has 0 radical (unpaired) electrons. The maximum absolute atomic E-state index is 2.74. The van der Waals surface area contributed by atoms with Crippen LogP contribution in [0.25, 0.3) is 6.08 Å². The highest BCUT2D eigenvalue weighted by Crippen LogP contribution is 2.30. The number of nitrogens with zero attached hydrogens (tertiary/aromatic N) is 1. The second-order valence-electron chi connectivity index (χ2n) is 6.76. The number of benzene rings is 1. The van der Waals surface area contributed by atoms with E-state index in [9.17, 15) is 0 Å². The summed E-state index contributed by atoms with van der Waals surface area (Å²) in [4.78, 5) is 2.74. The third-order valence-electron chi connectivity index (χ3n) is 5.23. The molecule has 0 N–H and O–H groups in total. The Hall–Kier alpha value is -1.24. The normalized spacial score (nSPS) is 21.7. The van der Waals surface area contributed by atoms with Gasteiger partial charge in [-0.15, -0.1) is 0 Å². The van der Waals surface area contributed by atoms with Crippen molar-refractivity contribution in [2.24, 2.45) is 0 Å². The lowest BCUT2D eigenvalue weighted by atomic mass is 9.89. The molecule has 2 aliphatic carbocycles. The lowest BCUT2D eigenvalue weighted by Gasteiger charge is -2.41. The Balaban J connectivity index is 1.72. The predicted octanol–water partition coefficient (Wildman–Crippen LogP) is 5.62. The maximum atomic E-state index is 2.74. The van der Waals surface area contributed by atoms with Gasteiger partial charge in [-0.2, -0.15) is 0 Å². The molecule has 0 aromatic heterocycles. The molecule has 0 aliphatic heterocycles. The number of hydrogen-bond acceptors (Lipinski definition) is 1. The van der Waals surface area contributed by atoms with Crippen molar-refractivity contribution < 1.29 is 0 Å². The molecule has 1 aromatic carbocycles. The Labute approximate surface area is 130 Å². The summed E-state index contributed by atoms with van der Waals surface area (Å²) in [5.41, 5.74) is 1.33. The van der Waals surface area contributed by atoms with Crippen molar-refractivity contribution in [3.63, 3.8) is 0 Å². The predicted molar refractivity (Wildman–Crippen MR) is 91.1 cm³/mol. The monoisotopic (exact) mass is 283 g/mol. The molecule has 2 saturated carbocycles. The summed E-state index contributed by atoms with van der Waals surface area (Å²) in [6.07, 6.45) is 18.9. The van der Waals surface area contributed by atoms with Crippen LogP contribution in [0.4, 0.5) is 0 Å². The molecule has 0 heterocycles. The highest BCUT2D eigenvalue weighted by Gasteiger charge is 2.26. The SMILES string of the molecule is C(=CN(C1CCCCC1)C1CCCCC1)c1ccccc1. The molecule has 0 spiro atoms. The fourth-order valence-electron chi connectivity index (χ4n) is 4.04. The van der Waals surface area contributed by atoms with Crippen molar-refractivity contribution >= 4 is 6.08 Å². The van der Waals surface area contributed by atoms with E-state index < -0.39 is 0 Å². The lowest BCUT2D eigenvalue weighted by molar-refractivity contribution is 0.135. The summed E-state index contributed by atoms with van der Waals surface area (Å²) in [7, 11) is 0. The van der Waals surface area contributed by atoms with Gasteiger partial charge in [-0.25, -0.2) is 0 Å². The zero-order valence-corrected chi connectivity index (χ0v) is 13.2.